The number of rotatable bonds is 5. The Bertz CT molecular complexity index is 523. The molecule has 0 aromatic carbocycles. The lowest BCUT2D eigenvalue weighted by Crippen LogP contribution is -2.41. The Labute approximate surface area is 124 Å². The highest BCUT2D eigenvalue weighted by atomic mass is 16.5. The third kappa shape index (κ3) is 5.29. The molecule has 0 unspecified atom stereocenters. The molecule has 0 spiro atoms. The molecule has 0 saturated carbocycles. The highest BCUT2D eigenvalue weighted by Crippen LogP contribution is 2.20. The Balaban J connectivity index is 2.61. The summed E-state index contributed by atoms with van der Waals surface area (Å²) in [6.07, 6.45) is 1.74. The van der Waals surface area contributed by atoms with Crippen molar-refractivity contribution < 1.29 is 14.3 Å². The predicted molar refractivity (Wildman–Crippen MR) is 81.0 cm³/mol. The molecule has 21 heavy (non-hydrogen) atoms. The van der Waals surface area contributed by atoms with Crippen LogP contribution >= 0.6 is 0 Å². The molecule has 4 N–H and O–H groups in total. The Morgan fingerprint density at radius 1 is 1.38 bits per heavy atom. The van der Waals surface area contributed by atoms with E-state index in [1.165, 1.54) is 19.4 Å². The van der Waals surface area contributed by atoms with Crippen LogP contribution in [-0.4, -0.2) is 36.1 Å². The number of carbonyl (C=O) groups is 2. The van der Waals surface area contributed by atoms with Crippen molar-refractivity contribution in [1.29, 1.82) is 0 Å². The number of ether oxygens (including phenoxy) is 1. The summed E-state index contributed by atoms with van der Waals surface area (Å²) >= 11 is 0. The monoisotopic (exact) mass is 294 g/mol. The fourth-order valence-corrected chi connectivity index (χ4v) is 1.68. The summed E-state index contributed by atoms with van der Waals surface area (Å²) in [4.78, 5) is 27.2. The quantitative estimate of drug-likeness (QED) is 0.704. The first-order valence-electron chi connectivity index (χ1n) is 6.62. The SMILES string of the molecule is COC(=O)c1ccnc(NCCC(=O)NC(C)(C)C)c1N. The van der Waals surface area contributed by atoms with Crippen LogP contribution in [0.3, 0.4) is 0 Å². The number of pyridine rings is 1. The zero-order valence-corrected chi connectivity index (χ0v) is 12.8. The van der Waals surface area contributed by atoms with Gasteiger partial charge in [0.25, 0.3) is 0 Å². The molecule has 0 aliphatic carbocycles. The van der Waals surface area contributed by atoms with E-state index < -0.39 is 5.97 Å². The average molecular weight is 294 g/mol. The number of esters is 1. The fourth-order valence-electron chi connectivity index (χ4n) is 1.68. The average Bonchev–Trinajstić information content (AvgIpc) is 2.38. The van der Waals surface area contributed by atoms with Crippen LogP contribution in [0.4, 0.5) is 11.5 Å². The maximum atomic E-state index is 11.7. The standard InChI is InChI=1S/C14H22N4O3/c1-14(2,3)18-10(19)6-8-17-12-11(15)9(5-7-16-12)13(20)21-4/h5,7H,6,8,15H2,1-4H3,(H,16,17)(H,18,19). The summed E-state index contributed by atoms with van der Waals surface area (Å²) in [5.41, 5.74) is 6.04. The van der Waals surface area contributed by atoms with Crippen LogP contribution < -0.4 is 16.4 Å². The van der Waals surface area contributed by atoms with Gasteiger partial charge in [-0.1, -0.05) is 0 Å². The number of nitrogens with one attached hydrogen (secondary N) is 2. The van der Waals surface area contributed by atoms with Gasteiger partial charge in [0.15, 0.2) is 0 Å². The highest BCUT2D eigenvalue weighted by Gasteiger charge is 2.15. The van der Waals surface area contributed by atoms with E-state index in [1.54, 1.807) is 0 Å². The molecule has 1 amide bonds. The second-order valence-corrected chi connectivity index (χ2v) is 5.59. The van der Waals surface area contributed by atoms with Crippen LogP contribution in [0, 0.1) is 0 Å². The van der Waals surface area contributed by atoms with Gasteiger partial charge in [0.05, 0.1) is 18.4 Å². The first-order chi connectivity index (χ1) is 9.74. The Kier molecular flexibility index (Phi) is 5.52. The van der Waals surface area contributed by atoms with E-state index in [1.807, 2.05) is 20.8 Å². The summed E-state index contributed by atoms with van der Waals surface area (Å²) in [7, 11) is 1.28. The normalized spacial score (nSPS) is 10.9. The molecule has 1 rings (SSSR count). The fraction of sp³-hybridized carbons (Fsp3) is 0.500. The van der Waals surface area contributed by atoms with Crippen LogP contribution in [0.2, 0.25) is 0 Å². The highest BCUT2D eigenvalue weighted by molar-refractivity contribution is 5.97. The Morgan fingerprint density at radius 2 is 2.05 bits per heavy atom. The largest absolute Gasteiger partial charge is 0.465 e. The van der Waals surface area contributed by atoms with Crippen molar-refractivity contribution in [3.8, 4) is 0 Å². The van der Waals surface area contributed by atoms with Crippen LogP contribution in [0.25, 0.3) is 0 Å². The number of nitrogens with two attached hydrogens (primary N) is 1. The van der Waals surface area contributed by atoms with E-state index in [0.717, 1.165) is 0 Å². The smallest absolute Gasteiger partial charge is 0.340 e. The maximum Gasteiger partial charge on any atom is 0.340 e. The van der Waals surface area contributed by atoms with E-state index in [0.29, 0.717) is 12.4 Å². The number of nitrogens with zero attached hydrogens (tertiary/aromatic N) is 1. The van der Waals surface area contributed by atoms with Gasteiger partial charge in [0.2, 0.25) is 5.91 Å². The molecule has 7 heteroatoms. The van der Waals surface area contributed by atoms with Gasteiger partial charge in [0, 0.05) is 24.7 Å². The first kappa shape index (κ1) is 16.7. The van der Waals surface area contributed by atoms with Crippen molar-refractivity contribution in [1.82, 2.24) is 10.3 Å². The van der Waals surface area contributed by atoms with Gasteiger partial charge < -0.3 is 21.1 Å². The lowest BCUT2D eigenvalue weighted by Gasteiger charge is -2.20. The van der Waals surface area contributed by atoms with E-state index in [9.17, 15) is 9.59 Å². The second-order valence-electron chi connectivity index (χ2n) is 5.59. The molecule has 0 fully saturated rings. The number of hydrogen-bond donors (Lipinski definition) is 3. The summed E-state index contributed by atoms with van der Waals surface area (Å²) in [6.45, 7) is 6.11. The second kappa shape index (κ2) is 6.92. The van der Waals surface area contributed by atoms with Crippen molar-refractivity contribution in [2.75, 3.05) is 24.7 Å². The van der Waals surface area contributed by atoms with Crippen LogP contribution in [0.1, 0.15) is 37.6 Å². The summed E-state index contributed by atoms with van der Waals surface area (Å²) in [6, 6.07) is 1.48. The van der Waals surface area contributed by atoms with E-state index in [2.05, 4.69) is 20.4 Å². The molecular weight excluding hydrogens is 272 g/mol. The predicted octanol–water partition coefficient (Wildman–Crippen LogP) is 1.17. The molecule has 0 atom stereocenters. The van der Waals surface area contributed by atoms with Gasteiger partial charge in [-0.05, 0) is 26.8 Å². The molecule has 0 bridgehead atoms. The van der Waals surface area contributed by atoms with Gasteiger partial charge >= 0.3 is 5.97 Å². The van der Waals surface area contributed by atoms with E-state index >= 15 is 0 Å². The molecule has 1 heterocycles. The number of nitrogen functional groups attached to an aromatic ring is 1. The molecule has 0 aliphatic heterocycles. The minimum Gasteiger partial charge on any atom is -0.465 e. The summed E-state index contributed by atoms with van der Waals surface area (Å²) in [5.74, 6) is -0.234. The third-order valence-electron chi connectivity index (χ3n) is 2.55. The Morgan fingerprint density at radius 3 is 2.62 bits per heavy atom. The van der Waals surface area contributed by atoms with Gasteiger partial charge in [0.1, 0.15) is 5.82 Å². The number of aromatic nitrogens is 1. The Hall–Kier alpha value is -2.31. The molecule has 1 aromatic heterocycles. The third-order valence-corrected chi connectivity index (χ3v) is 2.55. The number of carbonyl (C=O) groups excluding carboxylic acids is 2. The van der Waals surface area contributed by atoms with E-state index in [-0.39, 0.29) is 29.1 Å². The molecule has 1 aromatic rings. The minimum atomic E-state index is -0.525. The number of amides is 1. The topological polar surface area (TPSA) is 106 Å². The van der Waals surface area contributed by atoms with Crippen molar-refractivity contribution >= 4 is 23.4 Å². The molecule has 0 saturated heterocycles. The molecule has 0 radical (unpaired) electrons. The van der Waals surface area contributed by atoms with Crippen molar-refractivity contribution in [2.24, 2.45) is 0 Å². The molecule has 7 nitrogen and oxygen atoms in total. The van der Waals surface area contributed by atoms with Crippen molar-refractivity contribution in [2.45, 2.75) is 32.7 Å². The minimum absolute atomic E-state index is 0.0716. The van der Waals surface area contributed by atoms with Gasteiger partial charge in [-0.15, -0.1) is 0 Å². The lowest BCUT2D eigenvalue weighted by atomic mass is 10.1. The number of anilines is 2. The van der Waals surface area contributed by atoms with Crippen LogP contribution in [-0.2, 0) is 9.53 Å². The molecular formula is C14H22N4O3. The van der Waals surface area contributed by atoms with Gasteiger partial charge in [-0.2, -0.15) is 0 Å². The number of hydrogen-bond acceptors (Lipinski definition) is 6. The van der Waals surface area contributed by atoms with Crippen molar-refractivity contribution in [3.63, 3.8) is 0 Å². The summed E-state index contributed by atoms with van der Waals surface area (Å²) < 4.78 is 4.63. The zero-order chi connectivity index (χ0) is 16.0. The van der Waals surface area contributed by atoms with Crippen LogP contribution in [0.5, 0.6) is 0 Å². The number of methoxy groups -OCH3 is 1. The first-order valence-corrected chi connectivity index (χ1v) is 6.62. The molecule has 0 aliphatic rings. The molecule has 116 valence electrons. The van der Waals surface area contributed by atoms with Crippen molar-refractivity contribution in [3.05, 3.63) is 17.8 Å². The van der Waals surface area contributed by atoms with Gasteiger partial charge in [-0.3, -0.25) is 4.79 Å². The maximum absolute atomic E-state index is 11.7. The zero-order valence-electron chi connectivity index (χ0n) is 12.8. The van der Waals surface area contributed by atoms with E-state index in [4.69, 9.17) is 5.73 Å². The summed E-state index contributed by atoms with van der Waals surface area (Å²) in [5, 5.41) is 5.80. The lowest BCUT2D eigenvalue weighted by molar-refractivity contribution is -0.122. The van der Waals surface area contributed by atoms with Crippen LogP contribution in [0.15, 0.2) is 12.3 Å². The van der Waals surface area contributed by atoms with Gasteiger partial charge in [-0.25, -0.2) is 9.78 Å².